The number of carbonyl (C=O) groups is 2. The topological polar surface area (TPSA) is 94.8 Å². The Morgan fingerprint density at radius 2 is 1.87 bits per heavy atom. The molecule has 0 aliphatic heterocycles. The summed E-state index contributed by atoms with van der Waals surface area (Å²) in [6, 6.07) is 1.44. The molecule has 5 heteroatoms. The van der Waals surface area contributed by atoms with Crippen LogP contribution in [-0.2, 0) is 11.2 Å². The molecule has 0 unspecified atom stereocenters. The van der Waals surface area contributed by atoms with Gasteiger partial charge in [0, 0.05) is 12.0 Å². The number of allylic oxidation sites excluding steroid dienone is 2. The highest BCUT2D eigenvalue weighted by Gasteiger charge is 2.22. The number of aliphatic hydroxyl groups is 1. The lowest BCUT2D eigenvalue weighted by molar-refractivity contribution is -0.134. The molecule has 126 valence electrons. The highest BCUT2D eigenvalue weighted by atomic mass is 16.3. The summed E-state index contributed by atoms with van der Waals surface area (Å²) in [4.78, 5) is 22.7. The second-order valence-corrected chi connectivity index (χ2v) is 6.31. The van der Waals surface area contributed by atoms with Gasteiger partial charge in [-0.1, -0.05) is 11.6 Å². The number of ketones is 1. The van der Waals surface area contributed by atoms with Crippen LogP contribution in [0.2, 0.25) is 0 Å². The average molecular weight is 320 g/mol. The van der Waals surface area contributed by atoms with E-state index in [9.17, 15) is 24.9 Å². The van der Waals surface area contributed by atoms with Gasteiger partial charge in [-0.05, 0) is 52.2 Å². The van der Waals surface area contributed by atoms with E-state index in [1.807, 2.05) is 6.92 Å². The molecule has 0 aliphatic carbocycles. The molecule has 1 aromatic rings. The van der Waals surface area contributed by atoms with Gasteiger partial charge >= 0.3 is 0 Å². The number of hydrogen-bond acceptors (Lipinski definition) is 5. The van der Waals surface area contributed by atoms with Crippen LogP contribution in [-0.4, -0.2) is 33.0 Å². The van der Waals surface area contributed by atoms with E-state index in [1.54, 1.807) is 13.0 Å². The number of phenolic OH excluding ortho intramolecular Hbond substituents is 2. The van der Waals surface area contributed by atoms with Gasteiger partial charge in [0.1, 0.15) is 17.1 Å². The number of aryl methyl sites for hydroxylation is 1. The predicted octanol–water partition coefficient (Wildman–Crippen LogP) is 2.83. The molecule has 0 saturated heterocycles. The smallest absolute Gasteiger partial charge is 0.164 e. The van der Waals surface area contributed by atoms with Crippen LogP contribution in [0.25, 0.3) is 0 Å². The minimum atomic E-state index is -1.34. The van der Waals surface area contributed by atoms with Crippen molar-refractivity contribution in [3.63, 3.8) is 0 Å². The van der Waals surface area contributed by atoms with E-state index < -0.39 is 5.60 Å². The zero-order valence-electron chi connectivity index (χ0n) is 14.0. The van der Waals surface area contributed by atoms with Gasteiger partial charge in [-0.3, -0.25) is 9.59 Å². The van der Waals surface area contributed by atoms with Crippen LogP contribution in [0.1, 0.15) is 55.1 Å². The van der Waals surface area contributed by atoms with Gasteiger partial charge in [0.25, 0.3) is 0 Å². The summed E-state index contributed by atoms with van der Waals surface area (Å²) in [7, 11) is 0. The van der Waals surface area contributed by atoms with Crippen LogP contribution in [0, 0.1) is 6.92 Å². The first-order valence-corrected chi connectivity index (χ1v) is 7.48. The quantitative estimate of drug-likeness (QED) is 0.530. The van der Waals surface area contributed by atoms with Gasteiger partial charge < -0.3 is 15.3 Å². The lowest BCUT2D eigenvalue weighted by atomic mass is 9.96. The van der Waals surface area contributed by atoms with E-state index in [0.29, 0.717) is 18.3 Å². The van der Waals surface area contributed by atoms with Gasteiger partial charge in [0.15, 0.2) is 12.1 Å². The Bertz CT molecular complexity index is 636. The minimum Gasteiger partial charge on any atom is -0.508 e. The molecule has 0 amide bonds. The minimum absolute atomic E-state index is 0.0674. The number of Topliss-reactive ketones (excluding diaryl/α,β-unsaturated/α-hetero) is 1. The van der Waals surface area contributed by atoms with Crippen molar-refractivity contribution in [3.8, 4) is 11.5 Å². The third kappa shape index (κ3) is 4.93. The highest BCUT2D eigenvalue weighted by Crippen LogP contribution is 2.33. The number of hydrogen-bond donors (Lipinski definition) is 3. The van der Waals surface area contributed by atoms with Crippen LogP contribution in [0.4, 0.5) is 0 Å². The third-order valence-electron chi connectivity index (χ3n) is 3.83. The summed E-state index contributed by atoms with van der Waals surface area (Å²) < 4.78 is 0. The molecule has 1 rings (SSSR count). The van der Waals surface area contributed by atoms with Crippen LogP contribution >= 0.6 is 0 Å². The largest absolute Gasteiger partial charge is 0.508 e. The number of benzene rings is 1. The van der Waals surface area contributed by atoms with Crippen LogP contribution in [0.15, 0.2) is 17.7 Å². The molecule has 3 N–H and O–H groups in total. The SMILES string of the molecule is C/C(=C\Cc1c(O)cc(C)c(C=O)c1O)CCC(=O)C(C)(C)O. The molecule has 0 aliphatic rings. The molecule has 5 nitrogen and oxygen atoms in total. The van der Waals surface area contributed by atoms with Crippen molar-refractivity contribution < 1.29 is 24.9 Å². The van der Waals surface area contributed by atoms with Gasteiger partial charge in [0.05, 0.1) is 5.56 Å². The molecule has 0 heterocycles. The standard InChI is InChI=1S/C18H24O5/c1-11(6-8-16(21)18(3,4)23)5-7-13-15(20)9-12(2)14(10-19)17(13)22/h5,9-10,20,22-23H,6-8H2,1-4H3/b11-5+. The average Bonchev–Trinajstić information content (AvgIpc) is 2.43. The predicted molar refractivity (Wildman–Crippen MR) is 87.9 cm³/mol. The number of carbonyl (C=O) groups excluding carboxylic acids is 2. The lowest BCUT2D eigenvalue weighted by Crippen LogP contribution is -2.30. The fourth-order valence-electron chi connectivity index (χ4n) is 2.19. The summed E-state index contributed by atoms with van der Waals surface area (Å²) in [6.07, 6.45) is 3.30. The Hall–Kier alpha value is -2.14. The second-order valence-electron chi connectivity index (χ2n) is 6.31. The van der Waals surface area contributed by atoms with Crippen molar-refractivity contribution in [1.82, 2.24) is 0 Å². The van der Waals surface area contributed by atoms with Crippen LogP contribution in [0.5, 0.6) is 11.5 Å². The van der Waals surface area contributed by atoms with E-state index in [0.717, 1.165) is 5.57 Å². The third-order valence-corrected chi connectivity index (χ3v) is 3.83. The molecule has 0 fully saturated rings. The molecule has 0 radical (unpaired) electrons. The first-order chi connectivity index (χ1) is 10.6. The summed E-state index contributed by atoms with van der Waals surface area (Å²) in [5, 5.41) is 29.6. The Balaban J connectivity index is 2.85. The molecular weight excluding hydrogens is 296 g/mol. The molecule has 0 aromatic heterocycles. The first-order valence-electron chi connectivity index (χ1n) is 7.48. The maximum absolute atomic E-state index is 11.7. The van der Waals surface area contributed by atoms with Crippen LogP contribution in [0.3, 0.4) is 0 Å². The van der Waals surface area contributed by atoms with Crippen molar-refractivity contribution in [1.29, 1.82) is 0 Å². The summed E-state index contributed by atoms with van der Waals surface area (Å²) in [5.41, 5.74) is 0.517. The molecular formula is C18H24O5. The summed E-state index contributed by atoms with van der Waals surface area (Å²) in [5.74, 6) is -0.522. The first kappa shape index (κ1) is 18.9. The maximum Gasteiger partial charge on any atom is 0.164 e. The van der Waals surface area contributed by atoms with Gasteiger partial charge in [-0.25, -0.2) is 0 Å². The van der Waals surface area contributed by atoms with Crippen molar-refractivity contribution in [3.05, 3.63) is 34.4 Å². The normalized spacial score (nSPS) is 12.3. The van der Waals surface area contributed by atoms with E-state index in [2.05, 4.69) is 0 Å². The fourth-order valence-corrected chi connectivity index (χ4v) is 2.19. The van der Waals surface area contributed by atoms with E-state index in [-0.39, 0.29) is 41.3 Å². The summed E-state index contributed by atoms with van der Waals surface area (Å²) in [6.45, 7) is 6.38. The summed E-state index contributed by atoms with van der Waals surface area (Å²) >= 11 is 0. The highest BCUT2D eigenvalue weighted by molar-refractivity contribution is 5.86. The number of aldehydes is 1. The molecule has 0 spiro atoms. The fraction of sp³-hybridized carbons (Fsp3) is 0.444. The number of rotatable bonds is 7. The van der Waals surface area contributed by atoms with Gasteiger partial charge in [0.2, 0.25) is 0 Å². The Morgan fingerprint density at radius 3 is 2.39 bits per heavy atom. The Morgan fingerprint density at radius 1 is 1.26 bits per heavy atom. The molecule has 0 atom stereocenters. The van der Waals surface area contributed by atoms with E-state index in [4.69, 9.17) is 0 Å². The van der Waals surface area contributed by atoms with Gasteiger partial charge in [-0.15, -0.1) is 0 Å². The molecule has 0 saturated carbocycles. The second kappa shape index (κ2) is 7.42. The van der Waals surface area contributed by atoms with Crippen molar-refractivity contribution >= 4 is 12.1 Å². The van der Waals surface area contributed by atoms with E-state index in [1.165, 1.54) is 19.9 Å². The van der Waals surface area contributed by atoms with E-state index >= 15 is 0 Å². The van der Waals surface area contributed by atoms with Crippen molar-refractivity contribution in [2.24, 2.45) is 0 Å². The molecule has 0 bridgehead atoms. The lowest BCUT2D eigenvalue weighted by Gasteiger charge is -2.15. The molecule has 1 aromatic carbocycles. The molecule has 23 heavy (non-hydrogen) atoms. The number of aromatic hydroxyl groups is 2. The van der Waals surface area contributed by atoms with Crippen molar-refractivity contribution in [2.75, 3.05) is 0 Å². The zero-order chi connectivity index (χ0) is 17.8. The monoisotopic (exact) mass is 320 g/mol. The van der Waals surface area contributed by atoms with Crippen LogP contribution < -0.4 is 0 Å². The number of phenols is 2. The maximum atomic E-state index is 11.7. The van der Waals surface area contributed by atoms with Crippen molar-refractivity contribution in [2.45, 2.75) is 52.6 Å². The Kier molecular flexibility index (Phi) is 6.10. The Labute approximate surface area is 136 Å². The zero-order valence-corrected chi connectivity index (χ0v) is 14.0. The van der Waals surface area contributed by atoms with Gasteiger partial charge in [-0.2, -0.15) is 0 Å².